The standard InChI is InChI=1S/C10H19NO2/c1-8(13)10(4,5)9(2,3)6-11-7-12/h7H,6H2,1-5H3,(H,11,12). The Bertz CT molecular complexity index is 207. The molecular formula is C10H19NO2. The van der Waals surface area contributed by atoms with E-state index in [-0.39, 0.29) is 11.2 Å². The third-order valence-corrected chi connectivity index (χ3v) is 3.20. The number of rotatable bonds is 5. The van der Waals surface area contributed by atoms with Crippen LogP contribution in [0.15, 0.2) is 0 Å². The number of Topliss-reactive ketones (excluding diaryl/α,β-unsaturated/α-hetero) is 1. The molecule has 3 heteroatoms. The minimum atomic E-state index is -0.414. The monoisotopic (exact) mass is 185 g/mol. The summed E-state index contributed by atoms with van der Waals surface area (Å²) in [5.74, 6) is 0.144. The fourth-order valence-corrected chi connectivity index (χ4v) is 0.994. The van der Waals surface area contributed by atoms with Crippen molar-refractivity contribution in [2.45, 2.75) is 34.6 Å². The summed E-state index contributed by atoms with van der Waals surface area (Å²) in [6.07, 6.45) is 0.665. The van der Waals surface area contributed by atoms with Crippen molar-refractivity contribution in [1.29, 1.82) is 0 Å². The molecule has 3 nitrogen and oxygen atoms in total. The Hall–Kier alpha value is -0.860. The molecule has 0 aliphatic rings. The average Bonchev–Trinajstić information content (AvgIpc) is 2.00. The molecule has 0 fully saturated rings. The van der Waals surface area contributed by atoms with Crippen molar-refractivity contribution in [2.24, 2.45) is 10.8 Å². The summed E-state index contributed by atoms with van der Waals surface area (Å²) in [7, 11) is 0. The smallest absolute Gasteiger partial charge is 0.207 e. The Balaban J connectivity index is 4.59. The van der Waals surface area contributed by atoms with Crippen molar-refractivity contribution >= 4 is 12.2 Å². The minimum absolute atomic E-state index is 0.144. The molecule has 0 aliphatic carbocycles. The summed E-state index contributed by atoms with van der Waals surface area (Å²) < 4.78 is 0. The molecule has 13 heavy (non-hydrogen) atoms. The quantitative estimate of drug-likeness (QED) is 0.658. The van der Waals surface area contributed by atoms with E-state index < -0.39 is 5.41 Å². The lowest BCUT2D eigenvalue weighted by molar-refractivity contribution is -0.131. The van der Waals surface area contributed by atoms with Crippen molar-refractivity contribution in [2.75, 3.05) is 6.54 Å². The second-order valence-electron chi connectivity index (χ2n) is 4.56. The molecule has 1 amide bonds. The first-order chi connectivity index (χ1) is 5.75. The normalized spacial score (nSPS) is 12.4. The molecule has 0 rings (SSSR count). The number of hydrogen-bond acceptors (Lipinski definition) is 2. The lowest BCUT2D eigenvalue weighted by atomic mass is 9.66. The third kappa shape index (κ3) is 2.54. The molecule has 0 spiro atoms. The predicted molar refractivity (Wildman–Crippen MR) is 52.3 cm³/mol. The zero-order valence-corrected chi connectivity index (χ0v) is 9.10. The van der Waals surface area contributed by atoms with Gasteiger partial charge in [-0.25, -0.2) is 0 Å². The molecule has 0 bridgehead atoms. The fourth-order valence-electron chi connectivity index (χ4n) is 0.994. The maximum atomic E-state index is 11.4. The fraction of sp³-hybridized carbons (Fsp3) is 0.800. The summed E-state index contributed by atoms with van der Waals surface area (Å²) in [4.78, 5) is 21.5. The third-order valence-electron chi connectivity index (χ3n) is 3.20. The number of ketones is 1. The van der Waals surface area contributed by atoms with Gasteiger partial charge in [0.2, 0.25) is 6.41 Å². The van der Waals surface area contributed by atoms with Crippen LogP contribution in [-0.2, 0) is 9.59 Å². The number of carbonyl (C=O) groups excluding carboxylic acids is 2. The van der Waals surface area contributed by atoms with Crippen LogP contribution in [0.3, 0.4) is 0 Å². The molecule has 0 heterocycles. The maximum Gasteiger partial charge on any atom is 0.207 e. The van der Waals surface area contributed by atoms with Crippen LogP contribution in [0.25, 0.3) is 0 Å². The Morgan fingerprint density at radius 1 is 1.31 bits per heavy atom. The van der Waals surface area contributed by atoms with Gasteiger partial charge in [0.15, 0.2) is 0 Å². The molecule has 0 aromatic carbocycles. The van der Waals surface area contributed by atoms with E-state index in [9.17, 15) is 9.59 Å². The summed E-state index contributed by atoms with van der Waals surface area (Å²) in [6, 6.07) is 0. The van der Waals surface area contributed by atoms with E-state index in [1.807, 2.05) is 27.7 Å². The topological polar surface area (TPSA) is 46.2 Å². The van der Waals surface area contributed by atoms with Crippen molar-refractivity contribution in [3.8, 4) is 0 Å². The molecule has 0 unspecified atom stereocenters. The van der Waals surface area contributed by atoms with E-state index in [2.05, 4.69) is 5.32 Å². The summed E-state index contributed by atoms with van der Waals surface area (Å²) in [5, 5.41) is 2.62. The number of amides is 1. The van der Waals surface area contributed by atoms with Crippen LogP contribution in [0.2, 0.25) is 0 Å². The van der Waals surface area contributed by atoms with Gasteiger partial charge in [-0.15, -0.1) is 0 Å². The summed E-state index contributed by atoms with van der Waals surface area (Å²) in [6.45, 7) is 9.87. The van der Waals surface area contributed by atoms with E-state index in [1.54, 1.807) is 6.92 Å². The largest absolute Gasteiger partial charge is 0.358 e. The number of carbonyl (C=O) groups is 2. The number of hydrogen-bond donors (Lipinski definition) is 1. The highest BCUT2D eigenvalue weighted by Gasteiger charge is 2.40. The second-order valence-corrected chi connectivity index (χ2v) is 4.56. The van der Waals surface area contributed by atoms with Crippen molar-refractivity contribution in [3.63, 3.8) is 0 Å². The molecule has 0 atom stereocenters. The van der Waals surface area contributed by atoms with Crippen LogP contribution in [0.1, 0.15) is 34.6 Å². The van der Waals surface area contributed by atoms with Crippen LogP contribution in [0, 0.1) is 10.8 Å². The van der Waals surface area contributed by atoms with Crippen molar-refractivity contribution < 1.29 is 9.59 Å². The highest BCUT2D eigenvalue weighted by Crippen LogP contribution is 2.38. The lowest BCUT2D eigenvalue weighted by Gasteiger charge is -2.39. The molecule has 0 radical (unpaired) electrons. The Morgan fingerprint density at radius 2 is 1.77 bits per heavy atom. The second kappa shape index (κ2) is 3.90. The van der Waals surface area contributed by atoms with Crippen LogP contribution in [-0.4, -0.2) is 18.7 Å². The van der Waals surface area contributed by atoms with Gasteiger partial charge in [0.05, 0.1) is 0 Å². The molecule has 76 valence electrons. The van der Waals surface area contributed by atoms with Gasteiger partial charge in [0, 0.05) is 12.0 Å². The van der Waals surface area contributed by atoms with Gasteiger partial charge in [-0.3, -0.25) is 9.59 Å². The van der Waals surface area contributed by atoms with Crippen LogP contribution in [0.4, 0.5) is 0 Å². The van der Waals surface area contributed by atoms with Gasteiger partial charge in [0.25, 0.3) is 0 Å². The summed E-state index contributed by atoms with van der Waals surface area (Å²) >= 11 is 0. The predicted octanol–water partition coefficient (Wildman–Crippen LogP) is 1.37. The van der Waals surface area contributed by atoms with Crippen LogP contribution in [0.5, 0.6) is 0 Å². The highest BCUT2D eigenvalue weighted by molar-refractivity contribution is 5.82. The summed E-state index contributed by atoms with van der Waals surface area (Å²) in [5.41, 5.74) is -0.636. The van der Waals surface area contributed by atoms with E-state index in [0.29, 0.717) is 13.0 Å². The Morgan fingerprint density at radius 3 is 2.08 bits per heavy atom. The Labute approximate surface area is 79.9 Å². The van der Waals surface area contributed by atoms with Crippen LogP contribution < -0.4 is 5.32 Å². The first kappa shape index (κ1) is 12.1. The van der Waals surface area contributed by atoms with Crippen molar-refractivity contribution in [1.82, 2.24) is 5.32 Å². The van der Waals surface area contributed by atoms with Gasteiger partial charge in [0.1, 0.15) is 5.78 Å². The van der Waals surface area contributed by atoms with Crippen LogP contribution >= 0.6 is 0 Å². The van der Waals surface area contributed by atoms with Gasteiger partial charge in [-0.2, -0.15) is 0 Å². The van der Waals surface area contributed by atoms with Gasteiger partial charge in [-0.05, 0) is 12.3 Å². The Kier molecular flexibility index (Phi) is 3.64. The van der Waals surface area contributed by atoms with Gasteiger partial charge in [-0.1, -0.05) is 27.7 Å². The van der Waals surface area contributed by atoms with E-state index >= 15 is 0 Å². The highest BCUT2D eigenvalue weighted by atomic mass is 16.1. The van der Waals surface area contributed by atoms with Crippen molar-refractivity contribution in [3.05, 3.63) is 0 Å². The molecular weight excluding hydrogens is 166 g/mol. The molecule has 0 aromatic rings. The molecule has 0 saturated carbocycles. The SMILES string of the molecule is CC(=O)C(C)(C)C(C)(C)CNC=O. The molecule has 1 N–H and O–H groups in total. The van der Waals surface area contributed by atoms with E-state index in [4.69, 9.17) is 0 Å². The van der Waals surface area contributed by atoms with Gasteiger partial charge < -0.3 is 5.32 Å². The van der Waals surface area contributed by atoms with E-state index in [1.165, 1.54) is 0 Å². The lowest BCUT2D eigenvalue weighted by Crippen LogP contribution is -2.44. The molecule has 0 aromatic heterocycles. The molecule has 0 aliphatic heterocycles. The van der Waals surface area contributed by atoms with Gasteiger partial charge >= 0.3 is 0 Å². The first-order valence-corrected chi connectivity index (χ1v) is 4.44. The number of nitrogens with one attached hydrogen (secondary N) is 1. The molecule has 0 saturated heterocycles. The van der Waals surface area contributed by atoms with E-state index in [0.717, 1.165) is 0 Å². The minimum Gasteiger partial charge on any atom is -0.358 e. The average molecular weight is 185 g/mol. The zero-order valence-electron chi connectivity index (χ0n) is 9.10. The first-order valence-electron chi connectivity index (χ1n) is 4.44. The maximum absolute atomic E-state index is 11.4. The zero-order chi connectivity index (χ0) is 10.7.